The van der Waals surface area contributed by atoms with Gasteiger partial charge in [0.1, 0.15) is 17.9 Å². The molecule has 3 aromatic rings. The Balaban J connectivity index is 1.16. The molecule has 4 heterocycles. The van der Waals surface area contributed by atoms with Crippen molar-refractivity contribution >= 4 is 23.3 Å². The van der Waals surface area contributed by atoms with Crippen molar-refractivity contribution < 1.29 is 23.8 Å². The SMILES string of the molecule is CC(C)N(CCO)C(=O)c1cc(F)ccc1Oc1cncnc1N1CCC2(CCN(Cc3ccc4c(c3)NC(=O)C4)C2)C1. The number of rotatable bonds is 9. The van der Waals surface area contributed by atoms with Gasteiger partial charge < -0.3 is 25.0 Å². The number of nitrogens with one attached hydrogen (secondary N) is 1. The van der Waals surface area contributed by atoms with Gasteiger partial charge in [0.15, 0.2) is 11.6 Å². The summed E-state index contributed by atoms with van der Waals surface area (Å²) in [6.07, 6.45) is 5.59. The molecule has 2 N–H and O–H groups in total. The molecule has 43 heavy (non-hydrogen) atoms. The summed E-state index contributed by atoms with van der Waals surface area (Å²) >= 11 is 0. The molecule has 1 spiro atoms. The van der Waals surface area contributed by atoms with Crippen LogP contribution < -0.4 is 15.0 Å². The van der Waals surface area contributed by atoms with Crippen LogP contribution in [0.1, 0.15) is 48.2 Å². The first kappa shape index (κ1) is 29.0. The Labute approximate surface area is 250 Å². The number of ether oxygens (including phenoxy) is 1. The number of amides is 2. The number of likely N-dealkylation sites (tertiary alicyclic amines) is 1. The molecule has 2 aromatic carbocycles. The van der Waals surface area contributed by atoms with Crippen LogP contribution in [-0.2, 0) is 17.8 Å². The second kappa shape index (κ2) is 11.9. The van der Waals surface area contributed by atoms with E-state index in [9.17, 15) is 19.1 Å². The molecule has 226 valence electrons. The van der Waals surface area contributed by atoms with Gasteiger partial charge in [0.25, 0.3) is 5.91 Å². The van der Waals surface area contributed by atoms with Gasteiger partial charge in [-0.25, -0.2) is 14.4 Å². The minimum absolute atomic E-state index is 0.0490. The van der Waals surface area contributed by atoms with Crippen LogP contribution in [0.4, 0.5) is 15.9 Å². The van der Waals surface area contributed by atoms with Crippen LogP contribution in [0.25, 0.3) is 0 Å². The normalized spacial score (nSPS) is 19.7. The molecule has 1 unspecified atom stereocenters. The summed E-state index contributed by atoms with van der Waals surface area (Å²) in [7, 11) is 0. The minimum Gasteiger partial charge on any atom is -0.451 e. The van der Waals surface area contributed by atoms with Gasteiger partial charge in [-0.3, -0.25) is 14.5 Å². The molecule has 3 aliphatic heterocycles. The molecule has 10 nitrogen and oxygen atoms in total. The van der Waals surface area contributed by atoms with E-state index in [1.54, 1.807) is 6.20 Å². The lowest BCUT2D eigenvalue weighted by molar-refractivity contribution is -0.115. The molecule has 2 amide bonds. The molecule has 0 radical (unpaired) electrons. The molecule has 0 saturated carbocycles. The largest absolute Gasteiger partial charge is 0.451 e. The maximum Gasteiger partial charge on any atom is 0.258 e. The smallest absolute Gasteiger partial charge is 0.258 e. The molecule has 2 fully saturated rings. The second-order valence-corrected chi connectivity index (χ2v) is 12.1. The number of nitrogens with zero attached hydrogens (tertiary/aromatic N) is 5. The lowest BCUT2D eigenvalue weighted by atomic mass is 9.86. The highest BCUT2D eigenvalue weighted by atomic mass is 19.1. The Morgan fingerprint density at radius 2 is 2.00 bits per heavy atom. The van der Waals surface area contributed by atoms with E-state index in [4.69, 9.17) is 4.74 Å². The lowest BCUT2D eigenvalue weighted by Gasteiger charge is -2.27. The first-order chi connectivity index (χ1) is 20.7. The zero-order valence-electron chi connectivity index (χ0n) is 24.6. The van der Waals surface area contributed by atoms with Crippen molar-refractivity contribution in [1.29, 1.82) is 0 Å². The third kappa shape index (κ3) is 6.05. The summed E-state index contributed by atoms with van der Waals surface area (Å²) in [6, 6.07) is 9.94. The Kier molecular flexibility index (Phi) is 8.02. The van der Waals surface area contributed by atoms with Crippen LogP contribution in [-0.4, -0.2) is 82.1 Å². The highest BCUT2D eigenvalue weighted by molar-refractivity contribution is 5.99. The molecule has 3 aliphatic rings. The number of carbonyl (C=O) groups excluding carboxylic acids is 2. The van der Waals surface area contributed by atoms with E-state index in [1.165, 1.54) is 35.0 Å². The van der Waals surface area contributed by atoms with E-state index < -0.39 is 11.7 Å². The zero-order valence-corrected chi connectivity index (χ0v) is 24.6. The molecule has 11 heteroatoms. The fourth-order valence-corrected chi connectivity index (χ4v) is 6.58. The number of hydrogen-bond acceptors (Lipinski definition) is 8. The molecule has 0 aliphatic carbocycles. The van der Waals surface area contributed by atoms with Gasteiger partial charge in [0.05, 0.1) is 24.8 Å². The predicted molar refractivity (Wildman–Crippen MR) is 160 cm³/mol. The Bertz CT molecular complexity index is 1530. The van der Waals surface area contributed by atoms with Gasteiger partial charge in [-0.05, 0) is 68.6 Å². The first-order valence-electron chi connectivity index (χ1n) is 14.8. The molecule has 6 rings (SSSR count). The number of hydrogen-bond donors (Lipinski definition) is 2. The average Bonchev–Trinajstić information content (AvgIpc) is 3.70. The van der Waals surface area contributed by atoms with Crippen molar-refractivity contribution in [2.24, 2.45) is 5.41 Å². The van der Waals surface area contributed by atoms with Gasteiger partial charge in [0, 0.05) is 49.9 Å². The van der Waals surface area contributed by atoms with Crippen molar-refractivity contribution in [3.05, 3.63) is 71.4 Å². The summed E-state index contributed by atoms with van der Waals surface area (Å²) in [4.78, 5) is 40.0. The average molecular weight is 589 g/mol. The quantitative estimate of drug-likeness (QED) is 0.388. The molecule has 1 atom stereocenters. The molecule has 2 saturated heterocycles. The van der Waals surface area contributed by atoms with E-state index in [1.807, 2.05) is 13.8 Å². The van der Waals surface area contributed by atoms with E-state index in [0.29, 0.717) is 18.0 Å². The maximum atomic E-state index is 14.3. The van der Waals surface area contributed by atoms with Crippen molar-refractivity contribution in [3.8, 4) is 11.5 Å². The number of aliphatic hydroxyl groups excluding tert-OH is 1. The summed E-state index contributed by atoms with van der Waals surface area (Å²) in [5.74, 6) is 0.316. The van der Waals surface area contributed by atoms with E-state index in [2.05, 4.69) is 43.3 Å². The van der Waals surface area contributed by atoms with Crippen LogP contribution >= 0.6 is 0 Å². The van der Waals surface area contributed by atoms with Gasteiger partial charge in [-0.2, -0.15) is 0 Å². The number of benzene rings is 2. The number of aromatic nitrogens is 2. The molecule has 0 bridgehead atoms. The number of carbonyl (C=O) groups is 2. The Morgan fingerprint density at radius 3 is 2.81 bits per heavy atom. The van der Waals surface area contributed by atoms with Crippen LogP contribution in [0.3, 0.4) is 0 Å². The Morgan fingerprint density at radius 1 is 1.16 bits per heavy atom. The highest BCUT2D eigenvalue weighted by Gasteiger charge is 2.44. The second-order valence-electron chi connectivity index (χ2n) is 12.1. The van der Waals surface area contributed by atoms with Gasteiger partial charge in [-0.15, -0.1) is 0 Å². The predicted octanol–water partition coefficient (Wildman–Crippen LogP) is 3.85. The van der Waals surface area contributed by atoms with Crippen LogP contribution in [0.15, 0.2) is 48.9 Å². The lowest BCUT2D eigenvalue weighted by Crippen LogP contribution is -2.39. The van der Waals surface area contributed by atoms with E-state index in [0.717, 1.165) is 56.8 Å². The van der Waals surface area contributed by atoms with Crippen molar-refractivity contribution in [2.45, 2.75) is 45.7 Å². The minimum atomic E-state index is -0.551. The number of fused-ring (bicyclic) bond motifs is 1. The molecular weight excluding hydrogens is 551 g/mol. The first-order valence-corrected chi connectivity index (χ1v) is 14.8. The Hall–Kier alpha value is -4.09. The molecule has 1 aromatic heterocycles. The summed E-state index contributed by atoms with van der Waals surface area (Å²) in [6.45, 7) is 8.00. The van der Waals surface area contributed by atoms with Crippen LogP contribution in [0.5, 0.6) is 11.5 Å². The number of anilines is 2. The third-order valence-electron chi connectivity index (χ3n) is 8.74. The van der Waals surface area contributed by atoms with Crippen molar-refractivity contribution in [1.82, 2.24) is 19.8 Å². The van der Waals surface area contributed by atoms with Gasteiger partial charge in [-0.1, -0.05) is 12.1 Å². The van der Waals surface area contributed by atoms with Crippen molar-refractivity contribution in [2.75, 3.05) is 49.5 Å². The van der Waals surface area contributed by atoms with E-state index in [-0.39, 0.29) is 41.8 Å². The zero-order chi connectivity index (χ0) is 30.1. The summed E-state index contributed by atoms with van der Waals surface area (Å²) in [5.41, 5.74) is 3.37. The highest BCUT2D eigenvalue weighted by Crippen LogP contribution is 2.43. The topological polar surface area (TPSA) is 111 Å². The van der Waals surface area contributed by atoms with Crippen LogP contribution in [0, 0.1) is 11.2 Å². The van der Waals surface area contributed by atoms with Crippen molar-refractivity contribution in [3.63, 3.8) is 0 Å². The number of aliphatic hydroxyl groups is 1. The fourth-order valence-electron chi connectivity index (χ4n) is 6.58. The summed E-state index contributed by atoms with van der Waals surface area (Å²) < 4.78 is 20.6. The van der Waals surface area contributed by atoms with Crippen LogP contribution in [0.2, 0.25) is 0 Å². The number of halogens is 1. The van der Waals surface area contributed by atoms with Gasteiger partial charge in [0.2, 0.25) is 5.91 Å². The summed E-state index contributed by atoms with van der Waals surface area (Å²) in [5, 5.41) is 12.4. The standard InChI is InChI=1S/C32H37FN6O4/c1-21(2)39(11-12-40)31(42)25-15-24(33)5-6-27(25)43-28-16-34-20-35-30(28)38-10-8-32(19-38)7-9-37(18-32)17-22-3-4-23-14-29(41)36-26(23)13-22/h3-6,13,15-16,20-21,40H,7-12,14,17-19H2,1-2H3,(H,36,41). The van der Waals surface area contributed by atoms with Gasteiger partial charge >= 0.3 is 0 Å². The third-order valence-corrected chi connectivity index (χ3v) is 8.74. The molecular formula is C32H37FN6O4. The fraction of sp³-hybridized carbons (Fsp3) is 0.438. The van der Waals surface area contributed by atoms with E-state index >= 15 is 0 Å². The maximum absolute atomic E-state index is 14.3. The monoisotopic (exact) mass is 588 g/mol.